The number of amides is 1. The fourth-order valence-electron chi connectivity index (χ4n) is 1.77. The molecule has 1 amide bonds. The molecule has 17 heavy (non-hydrogen) atoms. The highest BCUT2D eigenvalue weighted by molar-refractivity contribution is 5.84. The molecule has 98 valence electrons. The van der Waals surface area contributed by atoms with Crippen LogP contribution in [0.4, 0.5) is 0 Å². The first kappa shape index (κ1) is 14.0. The number of carbonyl (C=O) groups is 2. The van der Waals surface area contributed by atoms with E-state index in [9.17, 15) is 9.59 Å². The number of hydrogen-bond acceptors (Lipinski definition) is 3. The topological polar surface area (TPSA) is 92.4 Å². The van der Waals surface area contributed by atoms with Gasteiger partial charge in [-0.05, 0) is 24.2 Å². The number of nitrogens with one attached hydrogen (secondary N) is 1. The Bertz CT molecular complexity index is 305. The lowest BCUT2D eigenvalue weighted by atomic mass is 9.86. The van der Waals surface area contributed by atoms with Gasteiger partial charge in [0.05, 0.1) is 0 Å². The summed E-state index contributed by atoms with van der Waals surface area (Å²) < 4.78 is 0. The van der Waals surface area contributed by atoms with Crippen LogP contribution in [-0.2, 0) is 9.59 Å². The summed E-state index contributed by atoms with van der Waals surface area (Å²) >= 11 is 0. The Balaban J connectivity index is 2.49. The van der Waals surface area contributed by atoms with Crippen molar-refractivity contribution in [3.05, 3.63) is 0 Å². The second kappa shape index (κ2) is 5.04. The van der Waals surface area contributed by atoms with Gasteiger partial charge in [-0.3, -0.25) is 4.79 Å². The van der Waals surface area contributed by atoms with Crippen LogP contribution in [0.25, 0.3) is 0 Å². The third kappa shape index (κ3) is 4.34. The second-order valence-electron chi connectivity index (χ2n) is 5.91. The van der Waals surface area contributed by atoms with Gasteiger partial charge < -0.3 is 16.2 Å². The fraction of sp³-hybridized carbons (Fsp3) is 0.833. The maximum absolute atomic E-state index is 11.7. The lowest BCUT2D eigenvalue weighted by Crippen LogP contribution is -2.50. The predicted molar refractivity (Wildman–Crippen MR) is 64.3 cm³/mol. The third-order valence-electron chi connectivity index (χ3n) is 3.07. The lowest BCUT2D eigenvalue weighted by Gasteiger charge is -2.28. The van der Waals surface area contributed by atoms with Crippen LogP contribution in [0.3, 0.4) is 0 Å². The molecule has 0 aromatic carbocycles. The van der Waals surface area contributed by atoms with Crippen LogP contribution in [0, 0.1) is 11.3 Å². The molecule has 5 nitrogen and oxygen atoms in total. The van der Waals surface area contributed by atoms with E-state index < -0.39 is 17.4 Å². The summed E-state index contributed by atoms with van der Waals surface area (Å²) in [6, 6.07) is -1.01. The van der Waals surface area contributed by atoms with Gasteiger partial charge in [0.25, 0.3) is 0 Å². The van der Waals surface area contributed by atoms with Crippen molar-refractivity contribution in [3.63, 3.8) is 0 Å². The molecule has 0 heterocycles. The molecular weight excluding hydrogens is 220 g/mol. The highest BCUT2D eigenvalue weighted by atomic mass is 16.4. The molecule has 0 aliphatic heterocycles. The third-order valence-corrected chi connectivity index (χ3v) is 3.07. The number of carboxylic acids is 1. The second-order valence-corrected chi connectivity index (χ2v) is 5.91. The highest BCUT2D eigenvalue weighted by Gasteiger charge is 2.34. The minimum absolute atomic E-state index is 0.135. The molecule has 1 rings (SSSR count). The predicted octanol–water partition coefficient (Wildman–Crippen LogP) is 0.729. The smallest absolute Gasteiger partial charge is 0.326 e. The quantitative estimate of drug-likeness (QED) is 0.662. The van der Waals surface area contributed by atoms with Gasteiger partial charge in [0.1, 0.15) is 6.04 Å². The molecule has 1 aliphatic rings. The van der Waals surface area contributed by atoms with Crippen molar-refractivity contribution >= 4 is 11.9 Å². The molecule has 1 aliphatic carbocycles. The van der Waals surface area contributed by atoms with Gasteiger partial charge in [0, 0.05) is 12.5 Å². The van der Waals surface area contributed by atoms with Crippen molar-refractivity contribution in [1.82, 2.24) is 5.32 Å². The summed E-state index contributed by atoms with van der Waals surface area (Å²) in [7, 11) is 0. The van der Waals surface area contributed by atoms with E-state index in [0.29, 0.717) is 5.92 Å². The van der Waals surface area contributed by atoms with Crippen molar-refractivity contribution in [2.75, 3.05) is 0 Å². The molecule has 0 aromatic rings. The summed E-state index contributed by atoms with van der Waals surface area (Å²) in [5.74, 6) is -0.837. The summed E-state index contributed by atoms with van der Waals surface area (Å²) in [5, 5.41) is 11.6. The molecule has 2 unspecified atom stereocenters. The van der Waals surface area contributed by atoms with E-state index in [1.807, 2.05) is 0 Å². The van der Waals surface area contributed by atoms with Crippen molar-refractivity contribution in [1.29, 1.82) is 0 Å². The Morgan fingerprint density at radius 1 is 1.41 bits per heavy atom. The van der Waals surface area contributed by atoms with E-state index in [4.69, 9.17) is 10.8 Å². The van der Waals surface area contributed by atoms with Crippen LogP contribution in [0.5, 0.6) is 0 Å². The van der Waals surface area contributed by atoms with Gasteiger partial charge in [0.2, 0.25) is 5.91 Å². The first-order chi connectivity index (χ1) is 7.71. The summed E-state index contributed by atoms with van der Waals surface area (Å²) in [6.07, 6.45) is 2.37. The van der Waals surface area contributed by atoms with E-state index in [1.54, 1.807) is 20.8 Å². The summed E-state index contributed by atoms with van der Waals surface area (Å²) in [6.45, 7) is 5.35. The number of aliphatic carboxylic acids is 1. The molecule has 0 saturated heterocycles. The van der Waals surface area contributed by atoms with Gasteiger partial charge in [-0.2, -0.15) is 0 Å². The standard InChI is InChI=1S/C12H22N2O3/c1-12(2,3)10(11(16)17)14-9(15)6-8(13)7-4-5-7/h7-8,10H,4-6,13H2,1-3H3,(H,14,15)(H,16,17). The zero-order chi connectivity index (χ0) is 13.2. The number of carbonyl (C=O) groups excluding carboxylic acids is 1. The highest BCUT2D eigenvalue weighted by Crippen LogP contribution is 2.32. The van der Waals surface area contributed by atoms with Crippen molar-refractivity contribution < 1.29 is 14.7 Å². The average molecular weight is 242 g/mol. The largest absolute Gasteiger partial charge is 0.480 e. The maximum Gasteiger partial charge on any atom is 0.326 e. The van der Waals surface area contributed by atoms with Gasteiger partial charge in [-0.1, -0.05) is 20.8 Å². The van der Waals surface area contributed by atoms with Crippen LogP contribution in [-0.4, -0.2) is 29.1 Å². The number of hydrogen-bond donors (Lipinski definition) is 3. The van der Waals surface area contributed by atoms with E-state index in [0.717, 1.165) is 12.8 Å². The van der Waals surface area contributed by atoms with Gasteiger partial charge in [-0.25, -0.2) is 4.79 Å². The van der Waals surface area contributed by atoms with E-state index in [2.05, 4.69) is 5.32 Å². The van der Waals surface area contributed by atoms with E-state index in [-0.39, 0.29) is 18.4 Å². The van der Waals surface area contributed by atoms with Gasteiger partial charge in [-0.15, -0.1) is 0 Å². The Labute approximate surface area is 102 Å². The van der Waals surface area contributed by atoms with Crippen molar-refractivity contribution in [2.24, 2.45) is 17.1 Å². The molecule has 2 atom stereocenters. The van der Waals surface area contributed by atoms with Crippen LogP contribution in [0.2, 0.25) is 0 Å². The maximum atomic E-state index is 11.7. The summed E-state index contributed by atoms with van der Waals surface area (Å²) in [4.78, 5) is 22.8. The zero-order valence-corrected chi connectivity index (χ0v) is 10.7. The molecule has 5 heteroatoms. The summed E-state index contributed by atoms with van der Waals surface area (Å²) in [5.41, 5.74) is 5.32. The molecule has 0 spiro atoms. The first-order valence-electron chi connectivity index (χ1n) is 5.99. The van der Waals surface area contributed by atoms with Gasteiger partial charge >= 0.3 is 5.97 Å². The van der Waals surface area contributed by atoms with Crippen molar-refractivity contribution in [3.8, 4) is 0 Å². The average Bonchev–Trinajstić information content (AvgIpc) is 2.94. The molecule has 0 bridgehead atoms. The molecule has 4 N–H and O–H groups in total. The SMILES string of the molecule is CC(C)(C)C(NC(=O)CC(N)C1CC1)C(=O)O. The Hall–Kier alpha value is -1.10. The van der Waals surface area contributed by atoms with Crippen LogP contribution >= 0.6 is 0 Å². The minimum Gasteiger partial charge on any atom is -0.480 e. The Morgan fingerprint density at radius 2 is 1.94 bits per heavy atom. The molecule has 1 saturated carbocycles. The van der Waals surface area contributed by atoms with Crippen LogP contribution in [0.15, 0.2) is 0 Å². The fourth-order valence-corrected chi connectivity index (χ4v) is 1.77. The minimum atomic E-state index is -1.01. The molecule has 0 aromatic heterocycles. The van der Waals surface area contributed by atoms with E-state index in [1.165, 1.54) is 0 Å². The Kier molecular flexibility index (Phi) is 4.14. The van der Waals surface area contributed by atoms with Crippen LogP contribution in [0.1, 0.15) is 40.0 Å². The molecule has 0 radical (unpaired) electrons. The molecular formula is C12H22N2O3. The zero-order valence-electron chi connectivity index (χ0n) is 10.7. The molecule has 1 fully saturated rings. The normalized spacial score (nSPS) is 19.5. The first-order valence-corrected chi connectivity index (χ1v) is 5.99. The monoisotopic (exact) mass is 242 g/mol. The number of rotatable bonds is 5. The lowest BCUT2D eigenvalue weighted by molar-refractivity contribution is -0.145. The Morgan fingerprint density at radius 3 is 2.29 bits per heavy atom. The number of carboxylic acid groups (broad SMARTS) is 1. The van der Waals surface area contributed by atoms with Crippen molar-refractivity contribution in [2.45, 2.75) is 52.1 Å². The number of nitrogens with two attached hydrogens (primary N) is 1. The van der Waals surface area contributed by atoms with Crippen LogP contribution < -0.4 is 11.1 Å². The van der Waals surface area contributed by atoms with Gasteiger partial charge in [0.15, 0.2) is 0 Å². The van der Waals surface area contributed by atoms with E-state index >= 15 is 0 Å².